The van der Waals surface area contributed by atoms with Crippen LogP contribution in [0.4, 0.5) is 11.6 Å². The third-order valence-electron chi connectivity index (χ3n) is 4.20. The summed E-state index contributed by atoms with van der Waals surface area (Å²) in [5.74, 6) is 2.42. The van der Waals surface area contributed by atoms with Crippen LogP contribution in [-0.4, -0.2) is 37.4 Å². The van der Waals surface area contributed by atoms with E-state index in [1.54, 1.807) is 37.4 Å². The second-order valence-corrected chi connectivity index (χ2v) is 5.99. The van der Waals surface area contributed by atoms with Crippen molar-refractivity contribution in [3.63, 3.8) is 0 Å². The highest BCUT2D eigenvalue weighted by atomic mass is 16.5. The van der Waals surface area contributed by atoms with E-state index in [1.165, 1.54) is 14.2 Å². The number of aromatic nitrogens is 2. The molecule has 0 aliphatic heterocycles. The van der Waals surface area contributed by atoms with Gasteiger partial charge in [-0.15, -0.1) is 10.2 Å². The van der Waals surface area contributed by atoms with Gasteiger partial charge in [0.15, 0.2) is 17.3 Å². The monoisotopic (exact) mass is 394 g/mol. The van der Waals surface area contributed by atoms with Crippen molar-refractivity contribution in [2.45, 2.75) is 6.54 Å². The van der Waals surface area contributed by atoms with E-state index in [0.717, 1.165) is 11.3 Å². The number of carbonyl (C=O) groups is 1. The molecule has 3 aromatic rings. The van der Waals surface area contributed by atoms with Crippen molar-refractivity contribution in [1.82, 2.24) is 10.2 Å². The molecule has 0 unspecified atom stereocenters. The molecule has 150 valence electrons. The van der Waals surface area contributed by atoms with Crippen LogP contribution in [-0.2, 0) is 6.54 Å². The van der Waals surface area contributed by atoms with Crippen molar-refractivity contribution in [3.05, 3.63) is 65.7 Å². The van der Waals surface area contributed by atoms with E-state index in [2.05, 4.69) is 20.8 Å². The van der Waals surface area contributed by atoms with Crippen molar-refractivity contribution in [2.24, 2.45) is 0 Å². The number of nitrogens with zero attached hydrogens (tertiary/aromatic N) is 2. The largest absolute Gasteiger partial charge is 0.496 e. The van der Waals surface area contributed by atoms with E-state index in [4.69, 9.17) is 14.2 Å². The normalized spacial score (nSPS) is 10.2. The average molecular weight is 394 g/mol. The molecule has 0 spiro atoms. The Labute approximate surface area is 168 Å². The van der Waals surface area contributed by atoms with Crippen LogP contribution in [0.1, 0.15) is 15.9 Å². The lowest BCUT2D eigenvalue weighted by molar-refractivity contribution is 0.102. The van der Waals surface area contributed by atoms with Gasteiger partial charge in [0.05, 0.1) is 21.3 Å². The second kappa shape index (κ2) is 9.41. The molecule has 29 heavy (non-hydrogen) atoms. The summed E-state index contributed by atoms with van der Waals surface area (Å²) in [5.41, 5.74) is 1.42. The molecule has 3 rings (SSSR count). The van der Waals surface area contributed by atoms with E-state index < -0.39 is 0 Å². The Morgan fingerprint density at radius 3 is 2.21 bits per heavy atom. The maximum Gasteiger partial charge on any atom is 0.257 e. The third-order valence-corrected chi connectivity index (χ3v) is 4.20. The summed E-state index contributed by atoms with van der Waals surface area (Å²) < 4.78 is 15.7. The fourth-order valence-corrected chi connectivity index (χ4v) is 2.69. The van der Waals surface area contributed by atoms with E-state index in [-0.39, 0.29) is 5.91 Å². The van der Waals surface area contributed by atoms with Crippen LogP contribution in [0.3, 0.4) is 0 Å². The van der Waals surface area contributed by atoms with Gasteiger partial charge >= 0.3 is 0 Å². The maximum atomic E-state index is 12.4. The van der Waals surface area contributed by atoms with Gasteiger partial charge in [-0.3, -0.25) is 4.79 Å². The predicted octanol–water partition coefficient (Wildman–Crippen LogP) is 3.37. The Kier molecular flexibility index (Phi) is 6.47. The van der Waals surface area contributed by atoms with Crippen LogP contribution in [0.25, 0.3) is 0 Å². The molecule has 8 nitrogen and oxygen atoms in total. The van der Waals surface area contributed by atoms with Gasteiger partial charge in [-0.25, -0.2) is 0 Å². The van der Waals surface area contributed by atoms with Crippen molar-refractivity contribution in [3.8, 4) is 17.2 Å². The summed E-state index contributed by atoms with van der Waals surface area (Å²) in [4.78, 5) is 12.4. The van der Waals surface area contributed by atoms with E-state index in [9.17, 15) is 4.79 Å². The molecule has 0 radical (unpaired) electrons. The summed E-state index contributed by atoms with van der Waals surface area (Å²) >= 11 is 0. The first kappa shape index (κ1) is 19.9. The Morgan fingerprint density at radius 1 is 0.828 bits per heavy atom. The molecule has 2 aromatic carbocycles. The number of amides is 1. The molecule has 0 fully saturated rings. The molecule has 2 N–H and O–H groups in total. The zero-order valence-electron chi connectivity index (χ0n) is 16.4. The van der Waals surface area contributed by atoms with Crippen LogP contribution < -0.4 is 24.8 Å². The Hall–Kier alpha value is -3.81. The highest BCUT2D eigenvalue weighted by molar-refractivity contribution is 6.04. The Bertz CT molecular complexity index is 977. The molecule has 0 saturated carbocycles. The predicted molar refractivity (Wildman–Crippen MR) is 110 cm³/mol. The van der Waals surface area contributed by atoms with E-state index >= 15 is 0 Å². The zero-order chi connectivity index (χ0) is 20.6. The number of benzene rings is 2. The van der Waals surface area contributed by atoms with Gasteiger partial charge in [-0.05, 0) is 36.4 Å². The van der Waals surface area contributed by atoms with Crippen molar-refractivity contribution in [2.75, 3.05) is 32.0 Å². The molecule has 1 amide bonds. The van der Waals surface area contributed by atoms with Crippen molar-refractivity contribution >= 4 is 17.5 Å². The smallest absolute Gasteiger partial charge is 0.257 e. The highest BCUT2D eigenvalue weighted by Crippen LogP contribution is 2.27. The number of hydrogen-bond donors (Lipinski definition) is 2. The lowest BCUT2D eigenvalue weighted by atomic mass is 10.2. The number of rotatable bonds is 8. The Balaban J connectivity index is 1.62. The van der Waals surface area contributed by atoms with Crippen LogP contribution in [0, 0.1) is 0 Å². The molecule has 1 aromatic heterocycles. The summed E-state index contributed by atoms with van der Waals surface area (Å²) in [5, 5.41) is 14.0. The van der Waals surface area contributed by atoms with Crippen molar-refractivity contribution in [1.29, 1.82) is 0 Å². The van der Waals surface area contributed by atoms with E-state index in [0.29, 0.717) is 35.2 Å². The molecule has 0 aliphatic carbocycles. The number of methoxy groups -OCH3 is 3. The molecule has 0 saturated heterocycles. The molecule has 1 heterocycles. The quantitative estimate of drug-likeness (QED) is 0.605. The summed E-state index contributed by atoms with van der Waals surface area (Å²) in [7, 11) is 4.69. The van der Waals surface area contributed by atoms with Crippen LogP contribution in [0.2, 0.25) is 0 Å². The first-order valence-corrected chi connectivity index (χ1v) is 8.87. The van der Waals surface area contributed by atoms with Crippen LogP contribution in [0.15, 0.2) is 54.6 Å². The topological polar surface area (TPSA) is 94.6 Å². The molecule has 0 atom stereocenters. The number of carbonyl (C=O) groups excluding carboxylic acids is 1. The summed E-state index contributed by atoms with van der Waals surface area (Å²) in [6, 6.07) is 16.1. The summed E-state index contributed by atoms with van der Waals surface area (Å²) in [6.45, 7) is 0.538. The fourth-order valence-electron chi connectivity index (χ4n) is 2.69. The minimum Gasteiger partial charge on any atom is -0.496 e. The zero-order valence-corrected chi connectivity index (χ0v) is 16.4. The number of para-hydroxylation sites is 1. The lowest BCUT2D eigenvalue weighted by Gasteiger charge is -2.11. The number of hydrogen-bond acceptors (Lipinski definition) is 7. The SMILES string of the molecule is COc1ccccc1CNc1ccc(NC(=O)c2ccc(OC)c(OC)c2)nn1. The van der Waals surface area contributed by atoms with E-state index in [1.807, 2.05) is 24.3 Å². The molecular weight excluding hydrogens is 372 g/mol. The first-order valence-electron chi connectivity index (χ1n) is 8.87. The minimum atomic E-state index is -0.324. The minimum absolute atomic E-state index is 0.324. The molecular formula is C21H22N4O4. The molecule has 8 heteroatoms. The number of anilines is 2. The summed E-state index contributed by atoms with van der Waals surface area (Å²) in [6.07, 6.45) is 0. The maximum absolute atomic E-state index is 12.4. The standard InChI is InChI=1S/C21H22N4O4/c1-27-16-7-5-4-6-15(16)13-22-19-10-11-20(25-24-19)23-21(26)14-8-9-17(28-2)18(12-14)29-3/h4-12H,13H2,1-3H3,(H,22,24)(H,23,25,26). The van der Waals surface area contributed by atoms with Crippen LogP contribution in [0.5, 0.6) is 17.2 Å². The average Bonchev–Trinajstić information content (AvgIpc) is 2.78. The van der Waals surface area contributed by atoms with Gasteiger partial charge < -0.3 is 24.8 Å². The fraction of sp³-hybridized carbons (Fsp3) is 0.190. The lowest BCUT2D eigenvalue weighted by Crippen LogP contribution is -2.14. The Morgan fingerprint density at radius 2 is 1.52 bits per heavy atom. The van der Waals surface area contributed by atoms with Crippen LogP contribution >= 0.6 is 0 Å². The van der Waals surface area contributed by atoms with Gasteiger partial charge in [0.2, 0.25) is 0 Å². The van der Waals surface area contributed by atoms with Gasteiger partial charge in [0, 0.05) is 17.7 Å². The van der Waals surface area contributed by atoms with Gasteiger partial charge in [0.1, 0.15) is 11.6 Å². The first-order chi connectivity index (χ1) is 14.1. The number of nitrogens with one attached hydrogen (secondary N) is 2. The highest BCUT2D eigenvalue weighted by Gasteiger charge is 2.12. The molecule has 0 aliphatic rings. The van der Waals surface area contributed by atoms with Crippen molar-refractivity contribution < 1.29 is 19.0 Å². The number of ether oxygens (including phenoxy) is 3. The third kappa shape index (κ3) is 4.92. The second-order valence-electron chi connectivity index (χ2n) is 5.99. The van der Waals surface area contributed by atoms with Gasteiger partial charge in [-0.2, -0.15) is 0 Å². The van der Waals surface area contributed by atoms with Gasteiger partial charge in [-0.1, -0.05) is 18.2 Å². The van der Waals surface area contributed by atoms with Gasteiger partial charge in [0.25, 0.3) is 5.91 Å². The molecule has 0 bridgehead atoms.